The van der Waals surface area contributed by atoms with E-state index in [1.807, 2.05) is 6.07 Å². The van der Waals surface area contributed by atoms with Crippen molar-refractivity contribution in [3.63, 3.8) is 0 Å². The Balaban J connectivity index is 2.13. The first-order chi connectivity index (χ1) is 8.67. The lowest BCUT2D eigenvalue weighted by molar-refractivity contribution is -0.0664. The van der Waals surface area contributed by atoms with Crippen LogP contribution in [0.1, 0.15) is 38.2 Å². The molecule has 1 heterocycles. The van der Waals surface area contributed by atoms with Crippen LogP contribution >= 0.6 is 15.9 Å². The maximum Gasteiger partial charge on any atom is 0.270 e. The lowest BCUT2D eigenvalue weighted by Crippen LogP contribution is -2.76. The summed E-state index contributed by atoms with van der Waals surface area (Å²) in [6.45, 7) is 8.34. The lowest BCUT2D eigenvalue weighted by Gasteiger charge is -2.62. The van der Waals surface area contributed by atoms with E-state index in [4.69, 9.17) is 5.73 Å². The molecular weight excluding hydrogens is 306 g/mol. The molecule has 0 spiro atoms. The fraction of sp³-hybridized carbons (Fsp3) is 0.571. The first-order valence-corrected chi connectivity index (χ1v) is 7.14. The van der Waals surface area contributed by atoms with Crippen molar-refractivity contribution in [1.82, 2.24) is 10.3 Å². The maximum atomic E-state index is 12.2. The highest BCUT2D eigenvalue weighted by Gasteiger charge is 2.60. The number of hydrogen-bond acceptors (Lipinski definition) is 3. The van der Waals surface area contributed by atoms with Crippen LogP contribution < -0.4 is 11.1 Å². The van der Waals surface area contributed by atoms with Crippen molar-refractivity contribution in [3.05, 3.63) is 28.5 Å². The van der Waals surface area contributed by atoms with Crippen molar-refractivity contribution in [2.24, 2.45) is 16.6 Å². The van der Waals surface area contributed by atoms with E-state index in [2.05, 4.69) is 53.9 Å². The third kappa shape index (κ3) is 2.30. The molecule has 0 unspecified atom stereocenters. The second-order valence-corrected chi connectivity index (χ2v) is 7.30. The number of nitrogens with one attached hydrogen (secondary N) is 1. The molecule has 0 aromatic carbocycles. The Morgan fingerprint density at radius 2 is 1.89 bits per heavy atom. The van der Waals surface area contributed by atoms with Gasteiger partial charge < -0.3 is 11.1 Å². The Labute approximate surface area is 122 Å². The fourth-order valence-electron chi connectivity index (χ4n) is 3.27. The molecule has 5 heteroatoms. The first-order valence-electron chi connectivity index (χ1n) is 6.35. The number of carbonyl (C=O) groups is 1. The largest absolute Gasteiger partial charge is 0.347 e. The van der Waals surface area contributed by atoms with Gasteiger partial charge in [0.1, 0.15) is 5.69 Å². The summed E-state index contributed by atoms with van der Waals surface area (Å²) < 4.78 is 0.857. The van der Waals surface area contributed by atoms with Gasteiger partial charge in [-0.25, -0.2) is 4.98 Å². The number of nitrogens with two attached hydrogens (primary N) is 1. The summed E-state index contributed by atoms with van der Waals surface area (Å²) in [5.74, 6) is -0.148. The molecule has 1 amide bonds. The van der Waals surface area contributed by atoms with Crippen molar-refractivity contribution in [3.8, 4) is 0 Å². The molecule has 1 aliphatic rings. The number of aromatic nitrogens is 1. The average molecular weight is 326 g/mol. The van der Waals surface area contributed by atoms with Gasteiger partial charge in [-0.05, 0) is 28.1 Å². The van der Waals surface area contributed by atoms with Gasteiger partial charge in [-0.1, -0.05) is 27.7 Å². The molecule has 4 nitrogen and oxygen atoms in total. The molecule has 0 saturated heterocycles. The van der Waals surface area contributed by atoms with E-state index < -0.39 is 0 Å². The van der Waals surface area contributed by atoms with E-state index in [0.29, 0.717) is 5.69 Å². The van der Waals surface area contributed by atoms with Gasteiger partial charge >= 0.3 is 0 Å². The quantitative estimate of drug-likeness (QED) is 0.876. The molecule has 1 aromatic heterocycles. The Morgan fingerprint density at radius 1 is 1.32 bits per heavy atom. The summed E-state index contributed by atoms with van der Waals surface area (Å²) in [5, 5.41) is 3.07. The van der Waals surface area contributed by atoms with Gasteiger partial charge in [0.2, 0.25) is 0 Å². The van der Waals surface area contributed by atoms with Gasteiger partial charge in [-0.2, -0.15) is 0 Å². The smallest absolute Gasteiger partial charge is 0.270 e. The van der Waals surface area contributed by atoms with E-state index in [1.54, 1.807) is 12.3 Å². The molecule has 2 rings (SSSR count). The number of carbonyl (C=O) groups excluding carboxylic acids is 1. The SMILES string of the molecule is CC1(C)C(N)C(C)(C)C1NC(=O)c1ccc(Br)cn1. The zero-order valence-electron chi connectivity index (χ0n) is 11.7. The van der Waals surface area contributed by atoms with Crippen molar-refractivity contribution in [2.45, 2.75) is 39.8 Å². The highest BCUT2D eigenvalue weighted by Crippen LogP contribution is 2.52. The fourth-order valence-corrected chi connectivity index (χ4v) is 3.50. The van der Waals surface area contributed by atoms with Gasteiger partial charge in [0.25, 0.3) is 5.91 Å². The molecule has 1 aromatic rings. The summed E-state index contributed by atoms with van der Waals surface area (Å²) >= 11 is 3.30. The van der Waals surface area contributed by atoms with Gasteiger partial charge in [-0.15, -0.1) is 0 Å². The first kappa shape index (κ1) is 14.5. The Bertz CT molecular complexity index is 480. The van der Waals surface area contributed by atoms with Crippen LogP contribution in [0.5, 0.6) is 0 Å². The Morgan fingerprint density at radius 3 is 2.37 bits per heavy atom. The van der Waals surface area contributed by atoms with E-state index in [9.17, 15) is 4.79 Å². The minimum Gasteiger partial charge on any atom is -0.347 e. The van der Waals surface area contributed by atoms with Gasteiger partial charge in [0.05, 0.1) is 0 Å². The number of amides is 1. The molecular formula is C14H20BrN3O. The third-order valence-corrected chi connectivity index (χ3v) is 4.80. The summed E-state index contributed by atoms with van der Waals surface area (Å²) in [5.41, 5.74) is 6.41. The number of hydrogen-bond donors (Lipinski definition) is 2. The average Bonchev–Trinajstić information content (AvgIpc) is 2.35. The maximum absolute atomic E-state index is 12.2. The number of rotatable bonds is 2. The Hall–Kier alpha value is -0.940. The highest BCUT2D eigenvalue weighted by molar-refractivity contribution is 9.10. The van der Waals surface area contributed by atoms with Gasteiger partial charge in [-0.3, -0.25) is 4.79 Å². The predicted octanol–water partition coefficient (Wildman–Crippen LogP) is 2.34. The molecule has 19 heavy (non-hydrogen) atoms. The third-order valence-electron chi connectivity index (χ3n) is 4.33. The van der Waals surface area contributed by atoms with Crippen molar-refractivity contribution < 1.29 is 4.79 Å². The van der Waals surface area contributed by atoms with Crippen LogP contribution in [0.2, 0.25) is 0 Å². The minimum absolute atomic E-state index is 0.0490. The van der Waals surface area contributed by atoms with Crippen LogP contribution in [0.25, 0.3) is 0 Å². The molecule has 1 aliphatic carbocycles. The summed E-state index contributed by atoms with van der Waals surface area (Å²) in [4.78, 5) is 16.3. The van der Waals surface area contributed by atoms with E-state index in [-0.39, 0.29) is 28.8 Å². The normalized spacial score (nSPS) is 27.5. The van der Waals surface area contributed by atoms with E-state index in [1.165, 1.54) is 0 Å². The molecule has 0 atom stereocenters. The molecule has 0 radical (unpaired) electrons. The minimum atomic E-state index is -0.148. The number of pyridine rings is 1. The molecule has 0 aliphatic heterocycles. The van der Waals surface area contributed by atoms with Gasteiger partial charge in [0.15, 0.2) is 0 Å². The van der Waals surface area contributed by atoms with Crippen LogP contribution in [-0.4, -0.2) is 23.0 Å². The zero-order chi connectivity index (χ0) is 14.4. The van der Waals surface area contributed by atoms with E-state index >= 15 is 0 Å². The van der Waals surface area contributed by atoms with Crippen LogP contribution in [0, 0.1) is 10.8 Å². The lowest BCUT2D eigenvalue weighted by atomic mass is 9.48. The van der Waals surface area contributed by atoms with Crippen molar-refractivity contribution in [2.75, 3.05) is 0 Å². The summed E-state index contributed by atoms with van der Waals surface area (Å²) in [6, 6.07) is 3.64. The molecule has 0 bridgehead atoms. The number of nitrogens with zero attached hydrogens (tertiary/aromatic N) is 1. The van der Waals surface area contributed by atoms with Crippen LogP contribution in [0.15, 0.2) is 22.8 Å². The second kappa shape index (κ2) is 4.56. The van der Waals surface area contributed by atoms with Crippen LogP contribution in [-0.2, 0) is 0 Å². The standard InChI is InChI=1S/C14H20BrN3O/c1-13(2)11(16)14(3,4)12(13)18-10(19)9-6-5-8(15)7-17-9/h5-7,11-12H,16H2,1-4H3,(H,18,19). The van der Waals surface area contributed by atoms with Crippen LogP contribution in [0.4, 0.5) is 0 Å². The summed E-state index contributed by atoms with van der Waals surface area (Å²) in [7, 11) is 0. The molecule has 1 saturated carbocycles. The van der Waals surface area contributed by atoms with Crippen molar-refractivity contribution in [1.29, 1.82) is 0 Å². The monoisotopic (exact) mass is 325 g/mol. The highest BCUT2D eigenvalue weighted by atomic mass is 79.9. The topological polar surface area (TPSA) is 68.0 Å². The Kier molecular flexibility index (Phi) is 3.47. The summed E-state index contributed by atoms with van der Waals surface area (Å²) in [6.07, 6.45) is 1.62. The zero-order valence-corrected chi connectivity index (χ0v) is 13.3. The molecule has 104 valence electrons. The van der Waals surface area contributed by atoms with Crippen molar-refractivity contribution >= 4 is 21.8 Å². The van der Waals surface area contributed by atoms with Gasteiger partial charge in [0, 0.05) is 33.6 Å². The number of halogens is 1. The predicted molar refractivity (Wildman–Crippen MR) is 78.7 cm³/mol. The van der Waals surface area contributed by atoms with Crippen LogP contribution in [0.3, 0.4) is 0 Å². The molecule has 3 N–H and O–H groups in total. The van der Waals surface area contributed by atoms with E-state index in [0.717, 1.165) is 4.47 Å². The molecule has 1 fully saturated rings. The second-order valence-electron chi connectivity index (χ2n) is 6.39.